The van der Waals surface area contributed by atoms with Crippen LogP contribution in [0.1, 0.15) is 15.9 Å². The zero-order valence-corrected chi connectivity index (χ0v) is 16.5. The van der Waals surface area contributed by atoms with Gasteiger partial charge in [-0.1, -0.05) is 72.0 Å². The molecule has 2 aromatic heterocycles. The van der Waals surface area contributed by atoms with E-state index in [0.29, 0.717) is 12.1 Å². The van der Waals surface area contributed by atoms with Gasteiger partial charge >= 0.3 is 0 Å². The lowest BCUT2D eigenvalue weighted by Crippen LogP contribution is -2.25. The number of aromatic nitrogens is 2. The van der Waals surface area contributed by atoms with Gasteiger partial charge in [-0.3, -0.25) is 9.20 Å². The minimum atomic E-state index is -0.0427. The third-order valence-corrected chi connectivity index (χ3v) is 5.99. The number of nitrogens with one attached hydrogen (secondary N) is 1. The Hall–Kier alpha value is -3.44. The summed E-state index contributed by atoms with van der Waals surface area (Å²) in [6.45, 7) is 0.620. The first-order chi connectivity index (χ1) is 14.3. The van der Waals surface area contributed by atoms with E-state index in [1.165, 1.54) is 5.56 Å². The van der Waals surface area contributed by atoms with Gasteiger partial charge in [-0.05, 0) is 30.2 Å². The van der Waals surface area contributed by atoms with Crippen LogP contribution in [0.5, 0.6) is 0 Å². The smallest absolute Gasteiger partial charge is 0.251 e. The van der Waals surface area contributed by atoms with Gasteiger partial charge in [0.25, 0.3) is 5.91 Å². The molecule has 2 heterocycles. The molecule has 1 amide bonds. The van der Waals surface area contributed by atoms with Crippen LogP contribution in [0, 0.1) is 0 Å². The number of hydrogen-bond donors (Lipinski definition) is 1. The zero-order valence-electron chi connectivity index (χ0n) is 15.7. The molecule has 142 valence electrons. The molecule has 5 rings (SSSR count). The second kappa shape index (κ2) is 7.53. The molecule has 3 aromatic carbocycles. The first kappa shape index (κ1) is 17.6. The topological polar surface area (TPSA) is 46.4 Å². The summed E-state index contributed by atoms with van der Waals surface area (Å²) >= 11 is 1.60. The van der Waals surface area contributed by atoms with Crippen LogP contribution < -0.4 is 5.32 Å². The van der Waals surface area contributed by atoms with Crippen LogP contribution in [0.4, 0.5) is 0 Å². The van der Waals surface area contributed by atoms with Crippen LogP contribution in [0.25, 0.3) is 26.4 Å². The fourth-order valence-electron chi connectivity index (χ4n) is 3.46. The Morgan fingerprint density at radius 1 is 0.966 bits per heavy atom. The van der Waals surface area contributed by atoms with Crippen molar-refractivity contribution in [2.24, 2.45) is 0 Å². The number of thiazole rings is 1. The summed E-state index contributed by atoms with van der Waals surface area (Å²) in [6, 6.07) is 26.2. The van der Waals surface area contributed by atoms with Crippen LogP contribution in [0.3, 0.4) is 0 Å². The Morgan fingerprint density at radius 2 is 1.72 bits per heavy atom. The normalized spacial score (nSPS) is 11.2. The molecular weight excluding hydrogens is 378 g/mol. The molecular formula is C24H19N3OS. The molecule has 29 heavy (non-hydrogen) atoms. The monoisotopic (exact) mass is 397 g/mol. The van der Waals surface area contributed by atoms with Crippen molar-refractivity contribution < 1.29 is 4.79 Å². The molecule has 0 bridgehead atoms. The Labute approximate surface area is 172 Å². The van der Waals surface area contributed by atoms with E-state index in [1.54, 1.807) is 11.3 Å². The molecule has 0 fully saturated rings. The number of hydrogen-bond acceptors (Lipinski definition) is 3. The molecule has 0 saturated heterocycles. The summed E-state index contributed by atoms with van der Waals surface area (Å²) in [5, 5.41) is 3.01. The van der Waals surface area contributed by atoms with Crippen LogP contribution in [-0.2, 0) is 6.42 Å². The number of carbonyl (C=O) groups is 1. The highest BCUT2D eigenvalue weighted by molar-refractivity contribution is 7.23. The van der Waals surface area contributed by atoms with E-state index in [0.717, 1.165) is 32.9 Å². The van der Waals surface area contributed by atoms with E-state index >= 15 is 0 Å². The second-order valence-electron chi connectivity index (χ2n) is 6.92. The quantitative estimate of drug-likeness (QED) is 0.444. The number of amides is 1. The number of carbonyl (C=O) groups excluding carboxylic acids is 1. The van der Waals surface area contributed by atoms with Gasteiger partial charge < -0.3 is 5.32 Å². The third kappa shape index (κ3) is 3.52. The van der Waals surface area contributed by atoms with Gasteiger partial charge in [0, 0.05) is 23.9 Å². The first-order valence-electron chi connectivity index (χ1n) is 9.57. The van der Waals surface area contributed by atoms with Gasteiger partial charge in [-0.2, -0.15) is 0 Å². The lowest BCUT2D eigenvalue weighted by Gasteiger charge is -2.05. The average molecular weight is 398 g/mol. The van der Waals surface area contributed by atoms with Crippen molar-refractivity contribution in [2.45, 2.75) is 6.42 Å². The van der Waals surface area contributed by atoms with E-state index in [4.69, 9.17) is 4.98 Å². The molecule has 0 aliphatic rings. The molecule has 0 unspecified atom stereocenters. The zero-order chi connectivity index (χ0) is 19.6. The maximum atomic E-state index is 12.5. The van der Waals surface area contributed by atoms with Gasteiger partial charge in [0.2, 0.25) is 0 Å². The van der Waals surface area contributed by atoms with Gasteiger partial charge in [0.05, 0.1) is 15.9 Å². The molecule has 0 saturated carbocycles. The largest absolute Gasteiger partial charge is 0.352 e. The minimum absolute atomic E-state index is 0.0427. The molecule has 0 aliphatic carbocycles. The number of imidazole rings is 1. The molecule has 0 radical (unpaired) electrons. The van der Waals surface area contributed by atoms with Gasteiger partial charge in [-0.15, -0.1) is 0 Å². The predicted molar refractivity (Wildman–Crippen MR) is 118 cm³/mol. The summed E-state index contributed by atoms with van der Waals surface area (Å²) in [4.78, 5) is 18.2. The van der Waals surface area contributed by atoms with Crippen LogP contribution >= 0.6 is 11.3 Å². The summed E-state index contributed by atoms with van der Waals surface area (Å²) < 4.78 is 3.15. The van der Waals surface area contributed by atoms with Crippen molar-refractivity contribution in [3.8, 4) is 11.3 Å². The predicted octanol–water partition coefficient (Wildman–Crippen LogP) is 5.19. The number of fused-ring (bicyclic) bond motifs is 3. The first-order valence-corrected chi connectivity index (χ1v) is 10.4. The Kier molecular flexibility index (Phi) is 4.58. The maximum absolute atomic E-state index is 12.5. The third-order valence-electron chi connectivity index (χ3n) is 4.97. The van der Waals surface area contributed by atoms with Crippen LogP contribution in [-0.4, -0.2) is 21.8 Å². The summed E-state index contributed by atoms with van der Waals surface area (Å²) in [5.41, 5.74) is 5.03. The van der Waals surface area contributed by atoms with Crippen LogP contribution in [0.2, 0.25) is 0 Å². The standard InChI is InChI=1S/C24H19N3OS/c28-23(25-14-13-17-7-3-1-4-8-17)19-11-12-21-22(15-19)29-24-26-20(16-27(21)24)18-9-5-2-6-10-18/h1-12,15-16H,13-14H2,(H,25,28). The van der Waals surface area contributed by atoms with Crippen molar-refractivity contribution in [3.63, 3.8) is 0 Å². The number of benzene rings is 3. The lowest BCUT2D eigenvalue weighted by molar-refractivity contribution is 0.0954. The van der Waals surface area contributed by atoms with Crippen molar-refractivity contribution in [1.82, 2.24) is 14.7 Å². The van der Waals surface area contributed by atoms with Crippen molar-refractivity contribution in [1.29, 1.82) is 0 Å². The molecule has 5 heteroatoms. The van der Waals surface area contributed by atoms with Crippen LogP contribution in [0.15, 0.2) is 85.1 Å². The van der Waals surface area contributed by atoms with Gasteiger partial charge in [0.15, 0.2) is 4.96 Å². The fraction of sp³-hybridized carbons (Fsp3) is 0.0833. The Bertz CT molecular complexity index is 1290. The Morgan fingerprint density at radius 3 is 2.52 bits per heavy atom. The van der Waals surface area contributed by atoms with Crippen molar-refractivity contribution in [3.05, 3.63) is 96.2 Å². The molecule has 5 aromatic rings. The maximum Gasteiger partial charge on any atom is 0.251 e. The molecule has 0 aliphatic heterocycles. The highest BCUT2D eigenvalue weighted by Gasteiger charge is 2.12. The van der Waals surface area contributed by atoms with Gasteiger partial charge in [-0.25, -0.2) is 4.98 Å². The lowest BCUT2D eigenvalue weighted by atomic mass is 10.1. The van der Waals surface area contributed by atoms with E-state index in [1.807, 2.05) is 54.6 Å². The minimum Gasteiger partial charge on any atom is -0.352 e. The van der Waals surface area contributed by atoms with Crippen molar-refractivity contribution in [2.75, 3.05) is 6.54 Å². The van der Waals surface area contributed by atoms with Crippen molar-refractivity contribution >= 4 is 32.4 Å². The molecule has 0 spiro atoms. The summed E-state index contributed by atoms with van der Waals surface area (Å²) in [5.74, 6) is -0.0427. The second-order valence-corrected chi connectivity index (χ2v) is 7.93. The van der Waals surface area contributed by atoms with E-state index in [9.17, 15) is 4.79 Å². The highest BCUT2D eigenvalue weighted by atomic mass is 32.1. The number of rotatable bonds is 5. The SMILES string of the molecule is O=C(NCCc1ccccc1)c1ccc2c(c1)sc1nc(-c3ccccc3)cn12. The average Bonchev–Trinajstić information content (AvgIpc) is 3.32. The number of nitrogens with zero attached hydrogens (tertiary/aromatic N) is 2. The van der Waals surface area contributed by atoms with E-state index < -0.39 is 0 Å². The molecule has 1 N–H and O–H groups in total. The molecule has 0 atom stereocenters. The summed E-state index contributed by atoms with van der Waals surface area (Å²) in [6.07, 6.45) is 2.88. The Balaban J connectivity index is 1.35. The van der Waals surface area contributed by atoms with E-state index in [-0.39, 0.29) is 5.91 Å². The fourth-order valence-corrected chi connectivity index (χ4v) is 4.50. The highest BCUT2D eigenvalue weighted by Crippen LogP contribution is 2.30. The van der Waals surface area contributed by atoms with E-state index in [2.05, 4.69) is 40.2 Å². The van der Waals surface area contributed by atoms with Gasteiger partial charge in [0.1, 0.15) is 0 Å². The molecule has 4 nitrogen and oxygen atoms in total. The summed E-state index contributed by atoms with van der Waals surface area (Å²) in [7, 11) is 0.